The van der Waals surface area contributed by atoms with Crippen molar-refractivity contribution in [1.29, 1.82) is 0 Å². The second-order valence-electron chi connectivity index (χ2n) is 3.77. The third-order valence-corrected chi connectivity index (χ3v) is 2.65. The fourth-order valence-corrected chi connectivity index (χ4v) is 1.79. The quantitative estimate of drug-likeness (QED) is 0.907. The molecule has 0 aliphatic rings. The van der Waals surface area contributed by atoms with Gasteiger partial charge in [-0.2, -0.15) is 13.9 Å². The van der Waals surface area contributed by atoms with E-state index >= 15 is 0 Å². The molecule has 1 aromatic heterocycles. The van der Waals surface area contributed by atoms with Crippen LogP contribution < -0.4 is 10.5 Å². The summed E-state index contributed by atoms with van der Waals surface area (Å²) in [6.07, 6.45) is 1.60. The Morgan fingerprint density at radius 1 is 1.28 bits per heavy atom. The van der Waals surface area contributed by atoms with Crippen molar-refractivity contribution in [3.05, 3.63) is 47.8 Å². The number of benzene rings is 1. The Morgan fingerprint density at radius 3 is 2.61 bits per heavy atom. The van der Waals surface area contributed by atoms with Gasteiger partial charge in [-0.1, -0.05) is 18.2 Å². The Balaban J connectivity index is 2.36. The molecule has 0 aliphatic heterocycles. The third-order valence-electron chi connectivity index (χ3n) is 2.65. The molecule has 1 aromatic carbocycles. The number of aryl methyl sites for hydroxylation is 1. The van der Waals surface area contributed by atoms with Crippen molar-refractivity contribution in [2.45, 2.75) is 12.7 Å². The highest BCUT2D eigenvalue weighted by Crippen LogP contribution is 2.28. The first-order valence-electron chi connectivity index (χ1n) is 5.37. The van der Waals surface area contributed by atoms with E-state index in [4.69, 9.17) is 5.73 Å². The van der Waals surface area contributed by atoms with Crippen LogP contribution in [0, 0.1) is 0 Å². The fourth-order valence-electron chi connectivity index (χ4n) is 1.79. The lowest BCUT2D eigenvalue weighted by Gasteiger charge is -2.16. The van der Waals surface area contributed by atoms with Gasteiger partial charge in [0.15, 0.2) is 0 Å². The zero-order chi connectivity index (χ0) is 13.1. The highest BCUT2D eigenvalue weighted by Gasteiger charge is 2.18. The molecule has 2 aromatic rings. The van der Waals surface area contributed by atoms with Crippen LogP contribution in [0.25, 0.3) is 0 Å². The zero-order valence-corrected chi connectivity index (χ0v) is 9.75. The highest BCUT2D eigenvalue weighted by atomic mass is 19.3. The Hall–Kier alpha value is -1.95. The number of para-hydroxylation sites is 1. The van der Waals surface area contributed by atoms with Gasteiger partial charge in [-0.05, 0) is 12.1 Å². The van der Waals surface area contributed by atoms with Gasteiger partial charge in [-0.3, -0.25) is 4.68 Å². The minimum atomic E-state index is -2.87. The molecule has 0 fully saturated rings. The third kappa shape index (κ3) is 2.48. The van der Waals surface area contributed by atoms with E-state index in [1.807, 2.05) is 0 Å². The van der Waals surface area contributed by atoms with Gasteiger partial charge in [-0.15, -0.1) is 0 Å². The summed E-state index contributed by atoms with van der Waals surface area (Å²) in [7, 11) is 1.74. The number of halogens is 2. The topological polar surface area (TPSA) is 53.1 Å². The van der Waals surface area contributed by atoms with Gasteiger partial charge >= 0.3 is 6.61 Å². The van der Waals surface area contributed by atoms with E-state index in [0.29, 0.717) is 5.56 Å². The van der Waals surface area contributed by atoms with E-state index in [-0.39, 0.29) is 5.75 Å². The van der Waals surface area contributed by atoms with E-state index in [0.717, 1.165) is 5.69 Å². The molecule has 96 valence electrons. The van der Waals surface area contributed by atoms with Crippen molar-refractivity contribution in [1.82, 2.24) is 9.78 Å². The summed E-state index contributed by atoms with van der Waals surface area (Å²) in [6.45, 7) is -2.87. The van der Waals surface area contributed by atoms with Crippen LogP contribution in [0.5, 0.6) is 5.75 Å². The Bertz CT molecular complexity index is 528. The molecule has 0 spiro atoms. The molecular formula is C12H13F2N3O. The van der Waals surface area contributed by atoms with Gasteiger partial charge in [0, 0.05) is 18.8 Å². The van der Waals surface area contributed by atoms with Crippen molar-refractivity contribution < 1.29 is 13.5 Å². The number of rotatable bonds is 4. The summed E-state index contributed by atoms with van der Waals surface area (Å²) >= 11 is 0. The molecule has 0 saturated heterocycles. The average molecular weight is 253 g/mol. The van der Waals surface area contributed by atoms with E-state index in [1.165, 1.54) is 6.07 Å². The molecule has 6 heteroatoms. The standard InChI is InChI=1S/C12H13F2N3O/c1-17-9(6-7-16-17)11(15)8-4-2-3-5-10(8)18-12(13)14/h2-7,11-12H,15H2,1H3. The van der Waals surface area contributed by atoms with Crippen LogP contribution in [0.4, 0.5) is 8.78 Å². The number of hydrogen-bond acceptors (Lipinski definition) is 3. The number of nitrogens with two attached hydrogens (primary N) is 1. The maximum atomic E-state index is 12.3. The smallest absolute Gasteiger partial charge is 0.387 e. The largest absolute Gasteiger partial charge is 0.434 e. The average Bonchev–Trinajstić information content (AvgIpc) is 2.74. The molecule has 0 bridgehead atoms. The molecule has 4 nitrogen and oxygen atoms in total. The normalized spacial score (nSPS) is 12.7. The number of aromatic nitrogens is 2. The van der Waals surface area contributed by atoms with Crippen molar-refractivity contribution >= 4 is 0 Å². The van der Waals surface area contributed by atoms with Gasteiger partial charge in [0.25, 0.3) is 0 Å². The summed E-state index contributed by atoms with van der Waals surface area (Å²) in [5.41, 5.74) is 7.28. The second kappa shape index (κ2) is 5.14. The van der Waals surface area contributed by atoms with E-state index in [9.17, 15) is 8.78 Å². The van der Waals surface area contributed by atoms with Gasteiger partial charge in [-0.25, -0.2) is 0 Å². The predicted octanol–water partition coefficient (Wildman–Crippen LogP) is 2.07. The van der Waals surface area contributed by atoms with Crippen LogP contribution in [0.15, 0.2) is 36.5 Å². The molecule has 2 N–H and O–H groups in total. The summed E-state index contributed by atoms with van der Waals surface area (Å²) in [4.78, 5) is 0. The van der Waals surface area contributed by atoms with Crippen molar-refractivity contribution in [3.63, 3.8) is 0 Å². The maximum absolute atomic E-state index is 12.3. The Morgan fingerprint density at radius 2 is 2.00 bits per heavy atom. The molecule has 0 aliphatic carbocycles. The van der Waals surface area contributed by atoms with Gasteiger partial charge in [0.05, 0.1) is 11.7 Å². The van der Waals surface area contributed by atoms with Crippen molar-refractivity contribution in [2.75, 3.05) is 0 Å². The molecule has 1 unspecified atom stereocenters. The van der Waals surface area contributed by atoms with Crippen LogP contribution in [0.2, 0.25) is 0 Å². The lowest BCUT2D eigenvalue weighted by atomic mass is 10.0. The fraction of sp³-hybridized carbons (Fsp3) is 0.250. The van der Waals surface area contributed by atoms with Gasteiger partial charge in [0.2, 0.25) is 0 Å². The van der Waals surface area contributed by atoms with Crippen LogP contribution in [-0.4, -0.2) is 16.4 Å². The zero-order valence-electron chi connectivity index (χ0n) is 9.75. The molecule has 2 rings (SSSR count). The summed E-state index contributed by atoms with van der Waals surface area (Å²) in [5.74, 6) is 0.0844. The molecule has 0 amide bonds. The summed E-state index contributed by atoms with van der Waals surface area (Å²) < 4.78 is 30.7. The van der Waals surface area contributed by atoms with E-state index < -0.39 is 12.7 Å². The minimum Gasteiger partial charge on any atom is -0.434 e. The second-order valence-corrected chi connectivity index (χ2v) is 3.77. The van der Waals surface area contributed by atoms with E-state index in [2.05, 4.69) is 9.84 Å². The molecule has 0 radical (unpaired) electrons. The Kier molecular flexibility index (Phi) is 3.57. The first kappa shape index (κ1) is 12.5. The number of nitrogens with zero attached hydrogens (tertiary/aromatic N) is 2. The highest BCUT2D eigenvalue weighted by molar-refractivity contribution is 5.39. The Labute approximate surface area is 103 Å². The van der Waals surface area contributed by atoms with Gasteiger partial charge in [0.1, 0.15) is 5.75 Å². The lowest BCUT2D eigenvalue weighted by molar-refractivity contribution is -0.0505. The van der Waals surface area contributed by atoms with Crippen LogP contribution in [0.1, 0.15) is 17.3 Å². The van der Waals surface area contributed by atoms with Gasteiger partial charge < -0.3 is 10.5 Å². The number of alkyl halides is 2. The first-order valence-corrected chi connectivity index (χ1v) is 5.37. The van der Waals surface area contributed by atoms with Crippen molar-refractivity contribution in [2.24, 2.45) is 12.8 Å². The molecule has 18 heavy (non-hydrogen) atoms. The first-order chi connectivity index (χ1) is 8.59. The van der Waals surface area contributed by atoms with E-state index in [1.54, 1.807) is 42.2 Å². The molecule has 1 heterocycles. The predicted molar refractivity (Wildman–Crippen MR) is 62.3 cm³/mol. The molecule has 1 atom stereocenters. The van der Waals surface area contributed by atoms with Crippen LogP contribution >= 0.6 is 0 Å². The summed E-state index contributed by atoms with van der Waals surface area (Å²) in [6, 6.07) is 7.66. The number of hydrogen-bond donors (Lipinski definition) is 1. The number of ether oxygens (including phenoxy) is 1. The monoisotopic (exact) mass is 253 g/mol. The lowest BCUT2D eigenvalue weighted by Crippen LogP contribution is -2.17. The molecular weight excluding hydrogens is 240 g/mol. The van der Waals surface area contributed by atoms with Crippen LogP contribution in [-0.2, 0) is 7.05 Å². The van der Waals surface area contributed by atoms with Crippen molar-refractivity contribution in [3.8, 4) is 5.75 Å². The maximum Gasteiger partial charge on any atom is 0.387 e. The SMILES string of the molecule is Cn1nccc1C(N)c1ccccc1OC(F)F. The molecule has 0 saturated carbocycles. The van der Waals surface area contributed by atoms with Crippen LogP contribution in [0.3, 0.4) is 0 Å². The summed E-state index contributed by atoms with van der Waals surface area (Å²) in [5, 5.41) is 4.00. The minimum absolute atomic E-state index is 0.0844.